The van der Waals surface area contributed by atoms with Gasteiger partial charge in [0.05, 0.1) is 16.5 Å². The summed E-state index contributed by atoms with van der Waals surface area (Å²) in [7, 11) is 1.33. The van der Waals surface area contributed by atoms with Gasteiger partial charge in [0, 0.05) is 21.0 Å². The summed E-state index contributed by atoms with van der Waals surface area (Å²) in [5.41, 5.74) is 0.711. The van der Waals surface area contributed by atoms with Gasteiger partial charge in [0.15, 0.2) is 0 Å². The highest BCUT2D eigenvalue weighted by molar-refractivity contribution is 9.10. The zero-order chi connectivity index (χ0) is 11.6. The number of hydrogen-bond donors (Lipinski definition) is 0. The molecule has 0 spiro atoms. The van der Waals surface area contributed by atoms with Crippen LogP contribution in [0.4, 0.5) is 0 Å². The van der Waals surface area contributed by atoms with E-state index in [-0.39, 0.29) is 16.3 Å². The zero-order valence-corrected chi connectivity index (χ0v) is 11.1. The van der Waals surface area contributed by atoms with Crippen LogP contribution in [0.5, 0.6) is 0 Å². The summed E-state index contributed by atoms with van der Waals surface area (Å²) >= 11 is 8.69. The lowest BCUT2D eigenvalue weighted by molar-refractivity contribution is 0.609. The minimum Gasteiger partial charge on any atom is -0.207 e. The van der Waals surface area contributed by atoms with Crippen molar-refractivity contribution in [1.29, 1.82) is 5.26 Å². The molecule has 80 valence electrons. The molecule has 0 heterocycles. The monoisotopic (exact) mass is 327 g/mol. The highest BCUT2D eigenvalue weighted by Crippen LogP contribution is 2.30. The van der Waals surface area contributed by atoms with E-state index in [4.69, 9.17) is 27.5 Å². The van der Waals surface area contributed by atoms with Gasteiger partial charge >= 0.3 is 0 Å². The first kappa shape index (κ1) is 12.8. The summed E-state index contributed by atoms with van der Waals surface area (Å²) in [6.07, 6.45) is 0. The van der Waals surface area contributed by atoms with Crippen molar-refractivity contribution >= 4 is 47.3 Å². The Morgan fingerprint density at radius 2 is 2.07 bits per heavy atom. The molecule has 0 radical (unpaired) electrons. The van der Waals surface area contributed by atoms with Gasteiger partial charge in [0.2, 0.25) is 0 Å². The van der Waals surface area contributed by atoms with E-state index >= 15 is 0 Å². The Bertz CT molecular complexity index is 536. The first-order valence-corrected chi connectivity index (χ1v) is 7.27. The van der Waals surface area contributed by atoms with Gasteiger partial charge in [-0.3, -0.25) is 0 Å². The Morgan fingerprint density at radius 1 is 1.47 bits per heavy atom. The predicted octanol–water partition coefficient (Wildman–Crippen LogP) is 2.99. The summed E-state index contributed by atoms with van der Waals surface area (Å²) in [4.78, 5) is -0.140. The van der Waals surface area contributed by atoms with Gasteiger partial charge < -0.3 is 0 Å². The van der Waals surface area contributed by atoms with E-state index in [1.165, 1.54) is 12.1 Å². The van der Waals surface area contributed by atoms with Crippen LogP contribution < -0.4 is 0 Å². The number of nitrogens with zero attached hydrogens (tertiary/aromatic N) is 1. The van der Waals surface area contributed by atoms with Crippen LogP contribution >= 0.6 is 38.2 Å². The van der Waals surface area contributed by atoms with Crippen molar-refractivity contribution in [3.05, 3.63) is 27.7 Å². The highest BCUT2D eigenvalue weighted by Gasteiger charge is 2.18. The molecule has 0 atom stereocenters. The number of rotatable bonds is 2. The topological polar surface area (TPSA) is 57.9 Å². The molecular formula is C8H4BrCl2NO2S. The summed E-state index contributed by atoms with van der Waals surface area (Å²) in [5.74, 6) is 0.0928. The SMILES string of the molecule is N#Cc1cc(CCl)c(Br)c(S(=O)(=O)Cl)c1. The van der Waals surface area contributed by atoms with E-state index in [0.717, 1.165) is 0 Å². The molecule has 0 unspecified atom stereocenters. The molecule has 3 nitrogen and oxygen atoms in total. The molecule has 0 bridgehead atoms. The lowest BCUT2D eigenvalue weighted by Crippen LogP contribution is -1.97. The van der Waals surface area contributed by atoms with Crippen LogP contribution in [0.25, 0.3) is 0 Å². The predicted molar refractivity (Wildman–Crippen MR) is 61.5 cm³/mol. The van der Waals surface area contributed by atoms with Crippen molar-refractivity contribution in [3.63, 3.8) is 0 Å². The minimum absolute atomic E-state index is 0.0928. The Kier molecular flexibility index (Phi) is 4.01. The molecular weight excluding hydrogens is 325 g/mol. The van der Waals surface area contributed by atoms with E-state index in [1.807, 2.05) is 6.07 Å². The van der Waals surface area contributed by atoms with Crippen LogP contribution in [0.15, 0.2) is 21.5 Å². The molecule has 0 saturated heterocycles. The molecule has 1 aromatic carbocycles. The van der Waals surface area contributed by atoms with Gasteiger partial charge in [0.1, 0.15) is 0 Å². The van der Waals surface area contributed by atoms with Crippen molar-refractivity contribution < 1.29 is 8.42 Å². The van der Waals surface area contributed by atoms with Crippen LogP contribution in [-0.2, 0) is 14.9 Å². The fraction of sp³-hybridized carbons (Fsp3) is 0.125. The summed E-state index contributed by atoms with van der Waals surface area (Å²) < 4.78 is 22.6. The van der Waals surface area contributed by atoms with Crippen molar-refractivity contribution in [3.8, 4) is 6.07 Å². The Hall–Kier alpha value is -0.280. The van der Waals surface area contributed by atoms with Crippen LogP contribution in [0.2, 0.25) is 0 Å². The summed E-state index contributed by atoms with van der Waals surface area (Å²) in [6, 6.07) is 4.54. The standard InChI is InChI=1S/C8H4BrCl2NO2S/c9-8-6(3-10)1-5(4-12)2-7(8)15(11,13)14/h1-2H,3H2. The fourth-order valence-electron chi connectivity index (χ4n) is 0.995. The lowest BCUT2D eigenvalue weighted by atomic mass is 10.1. The quantitative estimate of drug-likeness (QED) is 0.619. The lowest BCUT2D eigenvalue weighted by Gasteiger charge is -2.05. The molecule has 0 aliphatic rings. The second-order valence-electron chi connectivity index (χ2n) is 2.63. The van der Waals surface area contributed by atoms with Gasteiger partial charge in [-0.15, -0.1) is 11.6 Å². The highest BCUT2D eigenvalue weighted by atomic mass is 79.9. The number of halogens is 3. The molecule has 0 N–H and O–H groups in total. The van der Waals surface area contributed by atoms with Crippen LogP contribution in [0.3, 0.4) is 0 Å². The number of benzene rings is 1. The first-order chi connectivity index (χ1) is 6.90. The van der Waals surface area contributed by atoms with E-state index in [2.05, 4.69) is 15.9 Å². The molecule has 0 aliphatic heterocycles. The Labute approximate surface area is 105 Å². The molecule has 0 amide bonds. The second-order valence-corrected chi connectivity index (χ2v) is 6.23. The maximum atomic E-state index is 11.2. The summed E-state index contributed by atoms with van der Waals surface area (Å²) in [5, 5.41) is 8.69. The van der Waals surface area contributed by atoms with Gasteiger partial charge in [-0.1, -0.05) is 0 Å². The maximum Gasteiger partial charge on any atom is 0.262 e. The molecule has 0 aromatic heterocycles. The third-order valence-corrected chi connectivity index (χ3v) is 4.48. The third-order valence-electron chi connectivity index (χ3n) is 1.65. The van der Waals surface area contributed by atoms with Crippen molar-refractivity contribution in [2.45, 2.75) is 10.8 Å². The molecule has 0 aliphatic carbocycles. The van der Waals surface area contributed by atoms with E-state index < -0.39 is 9.05 Å². The van der Waals surface area contributed by atoms with E-state index in [1.54, 1.807) is 0 Å². The number of nitriles is 1. The van der Waals surface area contributed by atoms with Gasteiger partial charge in [-0.05, 0) is 33.6 Å². The normalized spacial score (nSPS) is 11.1. The maximum absolute atomic E-state index is 11.2. The first-order valence-electron chi connectivity index (χ1n) is 3.63. The average molecular weight is 329 g/mol. The van der Waals surface area contributed by atoms with Crippen LogP contribution in [0.1, 0.15) is 11.1 Å². The van der Waals surface area contributed by atoms with Crippen molar-refractivity contribution in [1.82, 2.24) is 0 Å². The third kappa shape index (κ3) is 2.85. The Balaban J connectivity index is 3.60. The molecule has 15 heavy (non-hydrogen) atoms. The summed E-state index contributed by atoms with van der Waals surface area (Å²) in [6.45, 7) is 0. The molecule has 1 rings (SSSR count). The smallest absolute Gasteiger partial charge is 0.207 e. The minimum atomic E-state index is -3.88. The number of hydrogen-bond acceptors (Lipinski definition) is 3. The Morgan fingerprint density at radius 3 is 2.47 bits per heavy atom. The molecule has 0 fully saturated rings. The fourth-order valence-corrected chi connectivity index (χ4v) is 3.63. The van der Waals surface area contributed by atoms with Gasteiger partial charge in [-0.25, -0.2) is 8.42 Å². The van der Waals surface area contributed by atoms with E-state index in [0.29, 0.717) is 10.0 Å². The average Bonchev–Trinajstić information content (AvgIpc) is 2.16. The molecule has 7 heteroatoms. The van der Waals surface area contributed by atoms with Crippen molar-refractivity contribution in [2.75, 3.05) is 0 Å². The second kappa shape index (κ2) is 4.71. The van der Waals surface area contributed by atoms with Crippen LogP contribution in [-0.4, -0.2) is 8.42 Å². The molecule has 0 saturated carbocycles. The number of alkyl halides is 1. The van der Waals surface area contributed by atoms with Crippen molar-refractivity contribution in [2.24, 2.45) is 0 Å². The zero-order valence-electron chi connectivity index (χ0n) is 7.17. The largest absolute Gasteiger partial charge is 0.262 e. The van der Waals surface area contributed by atoms with Gasteiger partial charge in [-0.2, -0.15) is 5.26 Å². The van der Waals surface area contributed by atoms with E-state index in [9.17, 15) is 8.42 Å². The van der Waals surface area contributed by atoms with Gasteiger partial charge in [0.25, 0.3) is 9.05 Å². The van der Waals surface area contributed by atoms with Crippen LogP contribution in [0, 0.1) is 11.3 Å². The molecule has 1 aromatic rings.